The summed E-state index contributed by atoms with van der Waals surface area (Å²) in [6, 6.07) is -0.413. The Kier molecular flexibility index (Phi) is 6.84. The molecule has 0 bridgehead atoms. The van der Waals surface area contributed by atoms with Crippen LogP contribution in [-0.4, -0.2) is 62.7 Å². The number of hydrogen-bond acceptors (Lipinski definition) is 9. The number of hydrogen-bond donors (Lipinski definition) is 1. The van der Waals surface area contributed by atoms with Crippen molar-refractivity contribution in [1.82, 2.24) is 19.9 Å². The highest BCUT2D eigenvalue weighted by Gasteiger charge is 2.39. The first-order valence-electron chi connectivity index (χ1n) is 11.8. The molecule has 1 aliphatic carbocycles. The Morgan fingerprint density at radius 2 is 1.78 bits per heavy atom. The van der Waals surface area contributed by atoms with E-state index in [-0.39, 0.29) is 41.8 Å². The second kappa shape index (κ2) is 9.45. The normalized spacial score (nSPS) is 23.1. The number of fused-ring (bicyclic) bond motifs is 1. The van der Waals surface area contributed by atoms with Crippen LogP contribution in [0.25, 0.3) is 0 Å². The van der Waals surface area contributed by atoms with Crippen LogP contribution in [0.4, 0.5) is 24.9 Å². The van der Waals surface area contributed by atoms with Crippen molar-refractivity contribution in [2.45, 2.75) is 90.0 Å². The molecule has 2 aliphatic rings. The second-order valence-corrected chi connectivity index (χ2v) is 10.4. The number of rotatable bonds is 6. The number of nitrogens with zero attached hydrogens (tertiary/aromatic N) is 5. The predicted octanol–water partition coefficient (Wildman–Crippen LogP) is 3.75. The highest BCUT2D eigenvalue weighted by atomic mass is 19.4. The smallest absolute Gasteiger partial charge is 0.451 e. The first-order valence-corrected chi connectivity index (χ1v) is 11.8. The third kappa shape index (κ3) is 5.69. The average Bonchev–Trinajstić information content (AvgIpc) is 2.71. The van der Waals surface area contributed by atoms with Gasteiger partial charge in [-0.2, -0.15) is 18.2 Å². The lowest BCUT2D eigenvalue weighted by Crippen LogP contribution is -2.53. The van der Waals surface area contributed by atoms with E-state index < -0.39 is 18.0 Å². The van der Waals surface area contributed by atoms with Gasteiger partial charge >= 0.3 is 6.18 Å². The van der Waals surface area contributed by atoms with E-state index in [4.69, 9.17) is 14.5 Å². The molecule has 2 aromatic rings. The Labute approximate surface area is 207 Å². The molecule has 9 nitrogen and oxygen atoms in total. The van der Waals surface area contributed by atoms with E-state index >= 15 is 0 Å². The maximum atomic E-state index is 12.9. The molecule has 0 radical (unpaired) electrons. The summed E-state index contributed by atoms with van der Waals surface area (Å²) in [6.45, 7) is 9.64. The van der Waals surface area contributed by atoms with E-state index in [1.165, 1.54) is 0 Å². The lowest BCUT2D eigenvalue weighted by Gasteiger charge is -2.40. The highest BCUT2D eigenvalue weighted by molar-refractivity contribution is 5.93. The number of likely N-dealkylation sites (N-methyl/N-ethyl adjacent to an activating group) is 1. The van der Waals surface area contributed by atoms with Gasteiger partial charge in [-0.05, 0) is 34.6 Å². The molecular weight excluding hydrogens is 477 g/mol. The van der Waals surface area contributed by atoms with Gasteiger partial charge in [-0.15, -0.1) is 0 Å². The molecule has 1 N–H and O–H groups in total. The zero-order chi connectivity index (χ0) is 26.4. The van der Waals surface area contributed by atoms with Gasteiger partial charge in [0.25, 0.3) is 0 Å². The summed E-state index contributed by atoms with van der Waals surface area (Å²) in [5, 5.41) is 3.30. The lowest BCUT2D eigenvalue weighted by atomic mass is 9.89. The molecular formula is C24H31F3N6O3. The zero-order valence-electron chi connectivity index (χ0n) is 21.2. The highest BCUT2D eigenvalue weighted by Crippen LogP contribution is 2.33. The number of carbonyl (C=O) groups excluding carboxylic acids is 1. The quantitative estimate of drug-likeness (QED) is 0.625. The van der Waals surface area contributed by atoms with Gasteiger partial charge in [0, 0.05) is 43.6 Å². The first-order chi connectivity index (χ1) is 16.7. The van der Waals surface area contributed by atoms with Crippen molar-refractivity contribution in [3.8, 4) is 5.75 Å². The van der Waals surface area contributed by atoms with E-state index in [0.29, 0.717) is 24.6 Å². The van der Waals surface area contributed by atoms with Crippen LogP contribution >= 0.6 is 0 Å². The van der Waals surface area contributed by atoms with E-state index in [2.05, 4.69) is 20.3 Å². The minimum absolute atomic E-state index is 0.0392. The van der Waals surface area contributed by atoms with Gasteiger partial charge in [-0.1, -0.05) is 0 Å². The van der Waals surface area contributed by atoms with Crippen molar-refractivity contribution in [3.63, 3.8) is 0 Å². The van der Waals surface area contributed by atoms with Crippen molar-refractivity contribution in [2.24, 2.45) is 0 Å². The monoisotopic (exact) mass is 508 g/mol. The summed E-state index contributed by atoms with van der Waals surface area (Å²) in [7, 11) is 1.85. The molecule has 1 fully saturated rings. The van der Waals surface area contributed by atoms with E-state index in [9.17, 15) is 18.0 Å². The zero-order valence-corrected chi connectivity index (χ0v) is 21.2. The predicted molar refractivity (Wildman–Crippen MR) is 126 cm³/mol. The van der Waals surface area contributed by atoms with Crippen LogP contribution in [0.5, 0.6) is 5.75 Å². The number of aryl methyl sites for hydroxylation is 1. The standard InChI is InChI=1S/C24H31F3N6O3/c1-12-17-9-18(34)19(13(2)36-23(3,4)5)33(6)20(17)32-22(30-12)31-14-7-15(8-14)35-16-10-28-21(29-11-16)24(25,26)27/h10-11,13-15,19H,7-9H2,1-6H3,(H,30,31,32)/t13-,14?,15?,19-/m0/s1. The fourth-order valence-corrected chi connectivity index (χ4v) is 4.65. The number of anilines is 2. The molecule has 0 unspecified atom stereocenters. The Morgan fingerprint density at radius 3 is 2.36 bits per heavy atom. The third-order valence-corrected chi connectivity index (χ3v) is 6.22. The number of ketones is 1. The van der Waals surface area contributed by atoms with Gasteiger partial charge in [0.2, 0.25) is 11.8 Å². The number of alkyl halides is 3. The number of ether oxygens (including phenoxy) is 2. The summed E-state index contributed by atoms with van der Waals surface area (Å²) >= 11 is 0. The number of Topliss-reactive ketones (excluding diaryl/α,β-unsaturated/α-hetero) is 1. The number of nitrogens with one attached hydrogen (secondary N) is 1. The Balaban J connectivity index is 1.39. The van der Waals surface area contributed by atoms with Crippen molar-refractivity contribution in [2.75, 3.05) is 17.3 Å². The van der Waals surface area contributed by atoms with Gasteiger partial charge in [0.05, 0.1) is 24.1 Å². The van der Waals surface area contributed by atoms with Crippen LogP contribution in [0, 0.1) is 6.92 Å². The molecule has 0 saturated heterocycles. The Hall–Kier alpha value is -3.02. The molecule has 0 amide bonds. The number of aromatic nitrogens is 4. The molecule has 0 spiro atoms. The topological polar surface area (TPSA) is 102 Å². The molecule has 1 aliphatic heterocycles. The fraction of sp³-hybridized carbons (Fsp3) is 0.625. The van der Waals surface area contributed by atoms with Crippen LogP contribution in [0.1, 0.15) is 57.6 Å². The van der Waals surface area contributed by atoms with Crippen LogP contribution in [0.15, 0.2) is 12.4 Å². The number of carbonyl (C=O) groups is 1. The first kappa shape index (κ1) is 26.1. The Morgan fingerprint density at radius 1 is 1.14 bits per heavy atom. The van der Waals surface area contributed by atoms with E-state index in [0.717, 1.165) is 23.7 Å². The summed E-state index contributed by atoms with van der Waals surface area (Å²) in [6.07, 6.45) is -1.53. The van der Waals surface area contributed by atoms with Crippen LogP contribution < -0.4 is 15.0 Å². The van der Waals surface area contributed by atoms with Crippen molar-refractivity contribution < 1.29 is 27.4 Å². The third-order valence-electron chi connectivity index (χ3n) is 6.22. The molecule has 3 heterocycles. The second-order valence-electron chi connectivity index (χ2n) is 10.4. The molecule has 36 heavy (non-hydrogen) atoms. The summed E-state index contributed by atoms with van der Waals surface area (Å²) in [4.78, 5) is 30.7. The summed E-state index contributed by atoms with van der Waals surface area (Å²) < 4.78 is 49.6. The van der Waals surface area contributed by atoms with Crippen molar-refractivity contribution in [1.29, 1.82) is 0 Å². The number of halogens is 3. The maximum absolute atomic E-state index is 12.9. The van der Waals surface area contributed by atoms with E-state index in [1.807, 2.05) is 46.6 Å². The Bertz CT molecular complexity index is 1110. The van der Waals surface area contributed by atoms with Crippen molar-refractivity contribution >= 4 is 17.5 Å². The van der Waals surface area contributed by atoms with Gasteiger partial charge in [-0.25, -0.2) is 15.0 Å². The molecule has 196 valence electrons. The van der Waals surface area contributed by atoms with Gasteiger partial charge < -0.3 is 19.7 Å². The van der Waals surface area contributed by atoms with Crippen LogP contribution in [0.2, 0.25) is 0 Å². The van der Waals surface area contributed by atoms with Gasteiger partial charge in [-0.3, -0.25) is 4.79 Å². The van der Waals surface area contributed by atoms with Crippen LogP contribution in [-0.2, 0) is 22.1 Å². The molecule has 4 rings (SSSR count). The fourth-order valence-electron chi connectivity index (χ4n) is 4.65. The lowest BCUT2D eigenvalue weighted by molar-refractivity contribution is -0.145. The SMILES string of the molecule is Cc1nc(NC2CC(Oc3cnc(C(F)(F)F)nc3)C2)nc2c1CC(=O)[C@H]([C@H](C)OC(C)(C)C)N2C. The minimum Gasteiger partial charge on any atom is -0.487 e. The van der Waals surface area contributed by atoms with Gasteiger partial charge in [0.15, 0.2) is 11.5 Å². The largest absolute Gasteiger partial charge is 0.487 e. The van der Waals surface area contributed by atoms with E-state index in [1.54, 1.807) is 0 Å². The van der Waals surface area contributed by atoms with Gasteiger partial charge in [0.1, 0.15) is 18.0 Å². The molecule has 2 atom stereocenters. The molecule has 12 heteroatoms. The van der Waals surface area contributed by atoms with Crippen molar-refractivity contribution in [3.05, 3.63) is 29.5 Å². The van der Waals surface area contributed by atoms with Crippen LogP contribution in [0.3, 0.4) is 0 Å². The molecule has 1 saturated carbocycles. The molecule has 2 aromatic heterocycles. The summed E-state index contributed by atoms with van der Waals surface area (Å²) in [5.74, 6) is 0.220. The minimum atomic E-state index is -4.59. The average molecular weight is 509 g/mol. The molecule has 0 aromatic carbocycles. The maximum Gasteiger partial charge on any atom is 0.451 e. The summed E-state index contributed by atoms with van der Waals surface area (Å²) in [5.41, 5.74) is 1.16.